The Hall–Kier alpha value is -0.330. The number of hydrogen-bond donors (Lipinski definition) is 2. The average molecular weight is 242 g/mol. The van der Waals surface area contributed by atoms with Crippen LogP contribution in [0.4, 0.5) is 13.2 Å². The topological polar surface area (TPSA) is 35.5 Å². The Kier molecular flexibility index (Phi) is 6.28. The molecule has 0 bridgehead atoms. The SMILES string of the molecule is CCNC(C)(CO)CN(C)CCC(F)(F)F. The lowest BCUT2D eigenvalue weighted by Crippen LogP contribution is -2.53. The molecule has 0 heterocycles. The van der Waals surface area contributed by atoms with Crippen LogP contribution in [0.5, 0.6) is 0 Å². The Morgan fingerprint density at radius 3 is 2.25 bits per heavy atom. The Labute approximate surface area is 94.6 Å². The molecular formula is C10H21F3N2O. The molecule has 16 heavy (non-hydrogen) atoms. The lowest BCUT2D eigenvalue weighted by atomic mass is 10.0. The van der Waals surface area contributed by atoms with Gasteiger partial charge in [0, 0.05) is 13.1 Å². The summed E-state index contributed by atoms with van der Waals surface area (Å²) in [6.45, 7) is 4.59. The molecule has 0 aliphatic rings. The van der Waals surface area contributed by atoms with Crippen molar-refractivity contribution in [3.63, 3.8) is 0 Å². The van der Waals surface area contributed by atoms with Gasteiger partial charge >= 0.3 is 6.18 Å². The molecule has 0 aromatic carbocycles. The van der Waals surface area contributed by atoms with Crippen molar-refractivity contribution >= 4 is 0 Å². The molecule has 1 unspecified atom stereocenters. The van der Waals surface area contributed by atoms with Crippen molar-refractivity contribution in [1.29, 1.82) is 0 Å². The fourth-order valence-corrected chi connectivity index (χ4v) is 1.58. The van der Waals surface area contributed by atoms with Gasteiger partial charge in [0.25, 0.3) is 0 Å². The molecule has 0 fully saturated rings. The number of nitrogens with zero attached hydrogens (tertiary/aromatic N) is 1. The van der Waals surface area contributed by atoms with Crippen molar-refractivity contribution in [2.24, 2.45) is 0 Å². The van der Waals surface area contributed by atoms with Gasteiger partial charge in [0.2, 0.25) is 0 Å². The zero-order valence-electron chi connectivity index (χ0n) is 10.1. The van der Waals surface area contributed by atoms with E-state index in [1.54, 1.807) is 18.9 Å². The molecule has 0 radical (unpaired) electrons. The Balaban J connectivity index is 4.05. The lowest BCUT2D eigenvalue weighted by molar-refractivity contribution is -0.137. The van der Waals surface area contributed by atoms with E-state index in [-0.39, 0.29) is 13.2 Å². The first-order chi connectivity index (χ1) is 7.22. The molecule has 0 amide bonds. The maximum atomic E-state index is 12.0. The third kappa shape index (κ3) is 7.03. The summed E-state index contributed by atoms with van der Waals surface area (Å²) >= 11 is 0. The number of rotatable bonds is 7. The highest BCUT2D eigenvalue weighted by Crippen LogP contribution is 2.19. The van der Waals surface area contributed by atoms with Crippen LogP contribution in [0.2, 0.25) is 0 Å². The first kappa shape index (κ1) is 15.7. The van der Waals surface area contributed by atoms with E-state index in [1.807, 2.05) is 6.92 Å². The van der Waals surface area contributed by atoms with Crippen molar-refractivity contribution in [3.8, 4) is 0 Å². The second-order valence-corrected chi connectivity index (χ2v) is 4.35. The molecule has 98 valence electrons. The number of likely N-dealkylation sites (N-methyl/N-ethyl adjacent to an activating group) is 2. The van der Waals surface area contributed by atoms with Crippen LogP contribution in [0, 0.1) is 0 Å². The summed E-state index contributed by atoms with van der Waals surface area (Å²) in [6.07, 6.45) is -4.95. The van der Waals surface area contributed by atoms with Crippen molar-refractivity contribution in [2.75, 3.05) is 33.3 Å². The van der Waals surface area contributed by atoms with Gasteiger partial charge in [-0.05, 0) is 20.5 Å². The van der Waals surface area contributed by atoms with Gasteiger partial charge in [-0.15, -0.1) is 0 Å². The van der Waals surface area contributed by atoms with E-state index in [2.05, 4.69) is 5.32 Å². The van der Waals surface area contributed by atoms with E-state index in [4.69, 9.17) is 0 Å². The van der Waals surface area contributed by atoms with E-state index in [1.165, 1.54) is 0 Å². The van der Waals surface area contributed by atoms with Crippen LogP contribution >= 0.6 is 0 Å². The number of halogens is 3. The highest BCUT2D eigenvalue weighted by molar-refractivity contribution is 4.84. The minimum Gasteiger partial charge on any atom is -0.394 e. The number of aliphatic hydroxyl groups excluding tert-OH is 1. The first-order valence-electron chi connectivity index (χ1n) is 5.33. The normalized spacial score (nSPS) is 16.5. The molecule has 0 aromatic rings. The molecule has 0 rings (SSSR count). The Morgan fingerprint density at radius 2 is 1.88 bits per heavy atom. The van der Waals surface area contributed by atoms with Gasteiger partial charge < -0.3 is 15.3 Å². The number of alkyl halides is 3. The van der Waals surface area contributed by atoms with Crippen molar-refractivity contribution < 1.29 is 18.3 Å². The Bertz CT molecular complexity index is 199. The van der Waals surface area contributed by atoms with Crippen molar-refractivity contribution in [1.82, 2.24) is 10.2 Å². The van der Waals surface area contributed by atoms with Gasteiger partial charge in [-0.1, -0.05) is 6.92 Å². The predicted molar refractivity (Wildman–Crippen MR) is 57.3 cm³/mol. The second kappa shape index (κ2) is 6.42. The second-order valence-electron chi connectivity index (χ2n) is 4.35. The van der Waals surface area contributed by atoms with Gasteiger partial charge in [-0.2, -0.15) is 13.2 Å². The Morgan fingerprint density at radius 1 is 1.31 bits per heavy atom. The summed E-state index contributed by atoms with van der Waals surface area (Å²) < 4.78 is 36.0. The van der Waals surface area contributed by atoms with Gasteiger partial charge in [0.15, 0.2) is 0 Å². The van der Waals surface area contributed by atoms with E-state index >= 15 is 0 Å². The van der Waals surface area contributed by atoms with Crippen molar-refractivity contribution in [3.05, 3.63) is 0 Å². The van der Waals surface area contributed by atoms with Crippen LogP contribution in [-0.2, 0) is 0 Å². The fourth-order valence-electron chi connectivity index (χ4n) is 1.58. The van der Waals surface area contributed by atoms with Gasteiger partial charge in [0.1, 0.15) is 0 Å². The number of aliphatic hydroxyl groups is 1. The van der Waals surface area contributed by atoms with Gasteiger partial charge in [-0.3, -0.25) is 0 Å². The minimum absolute atomic E-state index is 0.0511. The summed E-state index contributed by atoms with van der Waals surface area (Å²) in [6, 6.07) is 0. The van der Waals surface area contributed by atoms with Gasteiger partial charge in [-0.25, -0.2) is 0 Å². The maximum Gasteiger partial charge on any atom is 0.390 e. The molecule has 0 saturated carbocycles. The molecule has 0 aromatic heterocycles. The van der Waals surface area contributed by atoms with E-state index in [0.717, 1.165) is 0 Å². The molecule has 0 aliphatic carbocycles. The molecule has 0 spiro atoms. The standard InChI is InChI=1S/C10H21F3N2O/c1-4-14-9(2,8-16)7-15(3)6-5-10(11,12)13/h14,16H,4-8H2,1-3H3. The van der Waals surface area contributed by atoms with Gasteiger partial charge in [0.05, 0.1) is 18.6 Å². The minimum atomic E-state index is -4.12. The van der Waals surface area contributed by atoms with E-state index in [0.29, 0.717) is 13.1 Å². The predicted octanol–water partition coefficient (Wildman–Crippen LogP) is 1.23. The van der Waals surface area contributed by atoms with E-state index in [9.17, 15) is 18.3 Å². The molecule has 3 nitrogen and oxygen atoms in total. The summed E-state index contributed by atoms with van der Waals surface area (Å²) in [5, 5.41) is 12.2. The molecule has 2 N–H and O–H groups in total. The quantitative estimate of drug-likeness (QED) is 0.705. The van der Waals surface area contributed by atoms with Crippen molar-refractivity contribution in [2.45, 2.75) is 32.0 Å². The monoisotopic (exact) mass is 242 g/mol. The number of hydrogen-bond acceptors (Lipinski definition) is 3. The van der Waals surface area contributed by atoms with E-state index < -0.39 is 18.1 Å². The molecule has 0 aliphatic heterocycles. The summed E-state index contributed by atoms with van der Waals surface area (Å²) in [4.78, 5) is 1.58. The summed E-state index contributed by atoms with van der Waals surface area (Å²) in [5.74, 6) is 0. The zero-order valence-corrected chi connectivity index (χ0v) is 10.1. The highest BCUT2D eigenvalue weighted by Gasteiger charge is 2.29. The summed E-state index contributed by atoms with van der Waals surface area (Å²) in [5.41, 5.74) is -0.547. The molecule has 6 heteroatoms. The van der Waals surface area contributed by atoms with Crippen LogP contribution in [0.3, 0.4) is 0 Å². The molecule has 1 atom stereocenters. The lowest BCUT2D eigenvalue weighted by Gasteiger charge is -2.33. The van der Waals surface area contributed by atoms with Crippen LogP contribution < -0.4 is 5.32 Å². The zero-order chi connectivity index (χ0) is 12.8. The largest absolute Gasteiger partial charge is 0.394 e. The fraction of sp³-hybridized carbons (Fsp3) is 1.00. The molecular weight excluding hydrogens is 221 g/mol. The smallest absolute Gasteiger partial charge is 0.390 e. The number of nitrogens with one attached hydrogen (secondary N) is 1. The third-order valence-corrected chi connectivity index (χ3v) is 2.35. The van der Waals surface area contributed by atoms with Crippen LogP contribution in [-0.4, -0.2) is 55.0 Å². The highest BCUT2D eigenvalue weighted by atomic mass is 19.4. The maximum absolute atomic E-state index is 12.0. The average Bonchev–Trinajstić information content (AvgIpc) is 2.14. The van der Waals surface area contributed by atoms with Crippen LogP contribution in [0.1, 0.15) is 20.3 Å². The molecule has 0 saturated heterocycles. The third-order valence-electron chi connectivity index (χ3n) is 2.35. The summed E-state index contributed by atoms with van der Waals surface area (Å²) in [7, 11) is 1.62. The van der Waals surface area contributed by atoms with Crippen LogP contribution in [0.25, 0.3) is 0 Å². The first-order valence-corrected chi connectivity index (χ1v) is 5.33. The van der Waals surface area contributed by atoms with Crippen LogP contribution in [0.15, 0.2) is 0 Å².